The van der Waals surface area contributed by atoms with Crippen molar-refractivity contribution in [2.75, 3.05) is 0 Å². The van der Waals surface area contributed by atoms with Gasteiger partial charge in [0.2, 0.25) is 0 Å². The number of hydrogen-bond donors (Lipinski definition) is 0. The van der Waals surface area contributed by atoms with Gasteiger partial charge in [-0.15, -0.1) is 22.8 Å². The third-order valence-corrected chi connectivity index (χ3v) is 31.1. The van der Waals surface area contributed by atoms with Crippen LogP contribution in [0.3, 0.4) is 0 Å². The molecule has 1 aliphatic rings. The molecule has 1 heterocycles. The van der Waals surface area contributed by atoms with E-state index in [-0.39, 0.29) is 11.1 Å². The second-order valence-electron chi connectivity index (χ2n) is 4.13. The van der Waals surface area contributed by atoms with Crippen LogP contribution in [-0.4, -0.2) is 0 Å². The monoisotopic (exact) mass is 372 g/mol. The topological polar surface area (TPSA) is 0 Å². The van der Waals surface area contributed by atoms with Gasteiger partial charge in [-0.2, -0.15) is 0 Å². The van der Waals surface area contributed by atoms with Gasteiger partial charge in [0.15, 0.2) is 0 Å². The van der Waals surface area contributed by atoms with Crippen LogP contribution in [0.5, 0.6) is 0 Å². The Morgan fingerprint density at radius 3 is 1.45 bits per heavy atom. The first-order chi connectivity index (χ1) is 9.90. The fourth-order valence-electron chi connectivity index (χ4n) is 1.61. The molecule has 2 aromatic rings. The Kier molecular flexibility index (Phi) is 6.52. The lowest BCUT2D eigenvalue weighted by Crippen LogP contribution is -1.78. The van der Waals surface area contributed by atoms with Gasteiger partial charge in [0.1, 0.15) is 0 Å². The molecule has 3 rings (SSSR count). The second kappa shape index (κ2) is 8.36. The molecular weight excluding hydrogens is 358 g/mol. The van der Waals surface area contributed by atoms with Crippen molar-refractivity contribution in [3.05, 3.63) is 71.8 Å². The summed E-state index contributed by atoms with van der Waals surface area (Å²) < 4.78 is 0. The van der Waals surface area contributed by atoms with Gasteiger partial charge >= 0.3 is 0 Å². The molecule has 0 N–H and O–H groups in total. The summed E-state index contributed by atoms with van der Waals surface area (Å²) in [5.41, 5.74) is 3.14. The van der Waals surface area contributed by atoms with Crippen molar-refractivity contribution in [3.63, 3.8) is 0 Å². The van der Waals surface area contributed by atoms with E-state index in [1.807, 2.05) is 0 Å². The predicted octanol–water partition coefficient (Wildman–Crippen LogP) is 7.79. The summed E-state index contributed by atoms with van der Waals surface area (Å²) in [5.74, 6) is 2.33. The molecular formula is C14H14P2S4. The highest BCUT2D eigenvalue weighted by Crippen LogP contribution is 3.04. The minimum atomic E-state index is 0.117. The third kappa shape index (κ3) is 4.87. The second-order valence-corrected chi connectivity index (χ2v) is 22.6. The quantitative estimate of drug-likeness (QED) is 0.474. The minimum absolute atomic E-state index is 0.117. The van der Waals surface area contributed by atoms with E-state index in [2.05, 4.69) is 105 Å². The lowest BCUT2D eigenvalue weighted by molar-refractivity contribution is 1.43. The molecule has 0 nitrogen and oxygen atoms in total. The zero-order valence-electron chi connectivity index (χ0n) is 10.7. The van der Waals surface area contributed by atoms with Crippen molar-refractivity contribution in [2.24, 2.45) is 0 Å². The molecule has 0 aliphatic carbocycles. The molecule has 0 atom stereocenters. The molecule has 20 heavy (non-hydrogen) atoms. The van der Waals surface area contributed by atoms with Crippen LogP contribution in [0.1, 0.15) is 11.1 Å². The van der Waals surface area contributed by atoms with Gasteiger partial charge in [0.05, 0.1) is 11.1 Å². The maximum atomic E-state index is 2.23. The largest absolute Gasteiger partial charge is 0.107 e. The van der Waals surface area contributed by atoms with E-state index in [1.54, 1.807) is 0 Å². The van der Waals surface area contributed by atoms with Crippen molar-refractivity contribution >= 4 is 55.8 Å². The lowest BCUT2D eigenvalue weighted by atomic mass is 10.2. The maximum Gasteiger partial charge on any atom is 0.0851 e. The normalized spacial score (nSPS) is 21.4. The summed E-state index contributed by atoms with van der Waals surface area (Å²) in [6.45, 7) is 0. The smallest absolute Gasteiger partial charge is 0.0851 e. The molecule has 6 heteroatoms. The molecule has 104 valence electrons. The molecule has 1 saturated heterocycles. The summed E-state index contributed by atoms with van der Waals surface area (Å²) in [4.78, 5) is 0. The van der Waals surface area contributed by atoms with Gasteiger partial charge in [-0.25, -0.2) is 0 Å². The van der Waals surface area contributed by atoms with Crippen LogP contribution in [-0.2, 0) is 11.5 Å². The fraction of sp³-hybridized carbons (Fsp3) is 0.143. The van der Waals surface area contributed by atoms with Gasteiger partial charge in [0.25, 0.3) is 0 Å². The first kappa shape index (κ1) is 15.6. The van der Waals surface area contributed by atoms with E-state index < -0.39 is 0 Å². The summed E-state index contributed by atoms with van der Waals surface area (Å²) >= 11 is 8.73. The van der Waals surface area contributed by atoms with Crippen LogP contribution >= 0.6 is 55.8 Å². The third-order valence-electron chi connectivity index (χ3n) is 2.63. The maximum absolute atomic E-state index is 2.23. The Balaban J connectivity index is 1.33. The summed E-state index contributed by atoms with van der Waals surface area (Å²) in [5, 5.41) is 0. The van der Waals surface area contributed by atoms with Crippen LogP contribution in [0.4, 0.5) is 0 Å². The van der Waals surface area contributed by atoms with Gasteiger partial charge in [-0.05, 0) is 11.1 Å². The van der Waals surface area contributed by atoms with Crippen molar-refractivity contribution in [2.45, 2.75) is 11.5 Å². The average Bonchev–Trinajstić information content (AvgIpc) is 2.47. The standard InChI is InChI=1S/C14H14P2S4/c1-3-7-13(8-4-1)11-17-15-19-16(20-15)18-12-14-9-5-2-6-10-14/h1-10H,11-12H2. The Labute approximate surface area is 138 Å². The Morgan fingerprint density at radius 1 is 0.650 bits per heavy atom. The molecule has 0 aromatic heterocycles. The van der Waals surface area contributed by atoms with Crippen LogP contribution in [0, 0.1) is 0 Å². The molecule has 0 saturated carbocycles. The summed E-state index contributed by atoms with van der Waals surface area (Å²) in [6, 6.07) is 21.6. The zero-order valence-corrected chi connectivity index (χ0v) is 15.8. The lowest BCUT2D eigenvalue weighted by Gasteiger charge is -2.31. The molecule has 0 bridgehead atoms. The van der Waals surface area contributed by atoms with Crippen molar-refractivity contribution in [1.29, 1.82) is 0 Å². The Morgan fingerprint density at radius 2 is 1.05 bits per heavy atom. The van der Waals surface area contributed by atoms with E-state index in [4.69, 9.17) is 0 Å². The molecule has 2 aromatic carbocycles. The van der Waals surface area contributed by atoms with Crippen LogP contribution in [0.25, 0.3) is 0 Å². The van der Waals surface area contributed by atoms with Gasteiger partial charge in [0, 0.05) is 11.5 Å². The van der Waals surface area contributed by atoms with Crippen LogP contribution < -0.4 is 0 Å². The summed E-state index contributed by atoms with van der Waals surface area (Å²) in [6.07, 6.45) is 0. The first-order valence-electron chi connectivity index (χ1n) is 6.20. The first-order valence-corrected chi connectivity index (χ1v) is 16.1. The van der Waals surface area contributed by atoms with E-state index in [9.17, 15) is 0 Å². The van der Waals surface area contributed by atoms with Crippen LogP contribution in [0.2, 0.25) is 0 Å². The zero-order chi connectivity index (χ0) is 13.6. The molecule has 0 spiro atoms. The van der Waals surface area contributed by atoms with Gasteiger partial charge in [-0.3, -0.25) is 0 Å². The fourth-order valence-corrected chi connectivity index (χ4v) is 35.9. The van der Waals surface area contributed by atoms with Crippen molar-refractivity contribution < 1.29 is 0 Å². The SMILES string of the molecule is c1ccc(CSP2SP(SCc3ccccc3)S2)cc1. The number of rotatable bonds is 6. The molecule has 0 amide bonds. The van der Waals surface area contributed by atoms with Gasteiger partial charge < -0.3 is 0 Å². The van der Waals surface area contributed by atoms with E-state index in [1.165, 1.54) is 22.6 Å². The molecule has 0 radical (unpaired) electrons. The van der Waals surface area contributed by atoms with E-state index >= 15 is 0 Å². The number of hydrogen-bond acceptors (Lipinski definition) is 4. The van der Waals surface area contributed by atoms with Gasteiger partial charge in [-0.1, -0.05) is 82.7 Å². The van der Waals surface area contributed by atoms with E-state index in [0.717, 1.165) is 0 Å². The van der Waals surface area contributed by atoms with Crippen molar-refractivity contribution in [3.8, 4) is 0 Å². The highest BCUT2D eigenvalue weighted by Gasteiger charge is 2.32. The predicted molar refractivity (Wildman–Crippen MR) is 104 cm³/mol. The molecule has 0 unspecified atom stereocenters. The van der Waals surface area contributed by atoms with Crippen LogP contribution in [0.15, 0.2) is 60.7 Å². The van der Waals surface area contributed by atoms with Crippen molar-refractivity contribution in [1.82, 2.24) is 0 Å². The highest BCUT2D eigenvalue weighted by molar-refractivity contribution is 9.54. The Hall–Kier alpha value is 0.700. The molecule has 1 fully saturated rings. The molecule has 1 aliphatic heterocycles. The minimum Gasteiger partial charge on any atom is -0.107 e. The highest BCUT2D eigenvalue weighted by atomic mass is 33.8. The van der Waals surface area contributed by atoms with E-state index in [0.29, 0.717) is 0 Å². The Bertz CT molecular complexity index is 470. The number of benzene rings is 2. The summed E-state index contributed by atoms with van der Waals surface area (Å²) in [7, 11) is 0. The average molecular weight is 372 g/mol.